The van der Waals surface area contributed by atoms with Crippen molar-refractivity contribution in [1.29, 1.82) is 0 Å². The van der Waals surface area contributed by atoms with E-state index in [9.17, 15) is 4.79 Å². The fraction of sp³-hybridized carbons (Fsp3) is 0.500. The molecule has 1 aromatic rings. The van der Waals surface area contributed by atoms with Gasteiger partial charge in [-0.25, -0.2) is 4.79 Å². The Labute approximate surface area is 121 Å². The minimum absolute atomic E-state index is 0.125. The zero-order chi connectivity index (χ0) is 14.4. The summed E-state index contributed by atoms with van der Waals surface area (Å²) in [6, 6.07) is 10.7. The van der Waals surface area contributed by atoms with Crippen LogP contribution in [0.15, 0.2) is 42.5 Å². The number of carboxylic acids is 1. The van der Waals surface area contributed by atoms with Crippen LogP contribution in [0.2, 0.25) is 0 Å². The SMILES string of the molecule is CCC(/C=C/C(=O)O)C1(c2ccccc2)CCCCC1. The third kappa shape index (κ3) is 3.12. The topological polar surface area (TPSA) is 37.3 Å². The third-order valence-electron chi connectivity index (χ3n) is 4.72. The van der Waals surface area contributed by atoms with Crippen LogP contribution in [0.3, 0.4) is 0 Å². The van der Waals surface area contributed by atoms with Crippen LogP contribution in [0.25, 0.3) is 0 Å². The molecule has 1 fully saturated rings. The van der Waals surface area contributed by atoms with Gasteiger partial charge < -0.3 is 5.11 Å². The van der Waals surface area contributed by atoms with Crippen molar-refractivity contribution >= 4 is 5.97 Å². The quantitative estimate of drug-likeness (QED) is 0.798. The summed E-state index contributed by atoms with van der Waals surface area (Å²) >= 11 is 0. The molecule has 0 spiro atoms. The molecule has 1 saturated carbocycles. The molecule has 2 nitrogen and oxygen atoms in total. The van der Waals surface area contributed by atoms with E-state index in [1.54, 1.807) is 0 Å². The predicted molar refractivity (Wildman–Crippen MR) is 81.8 cm³/mol. The normalized spacial score (nSPS) is 19.9. The molecule has 1 unspecified atom stereocenters. The molecule has 1 aliphatic rings. The zero-order valence-corrected chi connectivity index (χ0v) is 12.2. The number of hydrogen-bond donors (Lipinski definition) is 1. The van der Waals surface area contributed by atoms with Crippen LogP contribution in [0.1, 0.15) is 51.0 Å². The first-order valence-electron chi connectivity index (χ1n) is 7.65. The summed E-state index contributed by atoms with van der Waals surface area (Å²) in [7, 11) is 0. The van der Waals surface area contributed by atoms with Gasteiger partial charge in [-0.15, -0.1) is 0 Å². The Kier molecular flexibility index (Phi) is 4.99. The molecule has 1 aliphatic carbocycles. The van der Waals surface area contributed by atoms with E-state index in [1.165, 1.54) is 43.7 Å². The molecule has 20 heavy (non-hydrogen) atoms. The first kappa shape index (κ1) is 14.8. The molecular weight excluding hydrogens is 248 g/mol. The molecule has 0 saturated heterocycles. The maximum absolute atomic E-state index is 10.9. The number of rotatable bonds is 5. The number of aliphatic carboxylic acids is 1. The van der Waals surface area contributed by atoms with Crippen LogP contribution in [0.4, 0.5) is 0 Å². The van der Waals surface area contributed by atoms with E-state index in [0.29, 0.717) is 5.92 Å². The lowest BCUT2D eigenvalue weighted by Gasteiger charge is -2.43. The first-order valence-corrected chi connectivity index (χ1v) is 7.65. The zero-order valence-electron chi connectivity index (χ0n) is 12.2. The maximum atomic E-state index is 10.9. The Morgan fingerprint density at radius 1 is 1.25 bits per heavy atom. The Morgan fingerprint density at radius 3 is 2.45 bits per heavy atom. The molecule has 0 radical (unpaired) electrons. The van der Waals surface area contributed by atoms with Gasteiger partial charge in [-0.05, 0) is 30.7 Å². The highest BCUT2D eigenvalue weighted by atomic mass is 16.4. The van der Waals surface area contributed by atoms with E-state index in [4.69, 9.17) is 5.11 Å². The van der Waals surface area contributed by atoms with Gasteiger partial charge in [0.05, 0.1) is 0 Å². The smallest absolute Gasteiger partial charge is 0.327 e. The van der Waals surface area contributed by atoms with Gasteiger partial charge in [-0.3, -0.25) is 0 Å². The summed E-state index contributed by atoms with van der Waals surface area (Å²) in [6.07, 6.45) is 10.3. The van der Waals surface area contributed by atoms with E-state index >= 15 is 0 Å². The number of benzene rings is 1. The van der Waals surface area contributed by atoms with Crippen molar-refractivity contribution in [1.82, 2.24) is 0 Å². The van der Waals surface area contributed by atoms with Gasteiger partial charge in [0.15, 0.2) is 0 Å². The monoisotopic (exact) mass is 272 g/mol. The summed E-state index contributed by atoms with van der Waals surface area (Å²) in [4.78, 5) is 10.9. The van der Waals surface area contributed by atoms with Gasteiger partial charge >= 0.3 is 5.97 Å². The van der Waals surface area contributed by atoms with Crippen molar-refractivity contribution in [3.05, 3.63) is 48.0 Å². The molecule has 0 aromatic heterocycles. The van der Waals surface area contributed by atoms with Gasteiger partial charge in [0.25, 0.3) is 0 Å². The highest BCUT2D eigenvalue weighted by Crippen LogP contribution is 2.46. The third-order valence-corrected chi connectivity index (χ3v) is 4.72. The molecule has 0 heterocycles. The summed E-state index contributed by atoms with van der Waals surface area (Å²) < 4.78 is 0. The minimum Gasteiger partial charge on any atom is -0.478 e. The molecule has 0 aliphatic heterocycles. The minimum atomic E-state index is -0.845. The van der Waals surface area contributed by atoms with Crippen LogP contribution in [-0.2, 0) is 10.2 Å². The second-order valence-electron chi connectivity index (χ2n) is 5.79. The average molecular weight is 272 g/mol. The average Bonchev–Trinajstić information content (AvgIpc) is 2.49. The Morgan fingerprint density at radius 2 is 1.90 bits per heavy atom. The van der Waals surface area contributed by atoms with Gasteiger partial charge in [-0.1, -0.05) is 62.6 Å². The Hall–Kier alpha value is -1.57. The molecule has 0 bridgehead atoms. The summed E-state index contributed by atoms with van der Waals surface area (Å²) in [5, 5.41) is 8.92. The van der Waals surface area contributed by atoms with Crippen LogP contribution < -0.4 is 0 Å². The number of allylic oxidation sites excluding steroid dienone is 1. The molecule has 0 amide bonds. The fourth-order valence-electron chi connectivity index (χ4n) is 3.74. The lowest BCUT2D eigenvalue weighted by molar-refractivity contribution is -0.131. The van der Waals surface area contributed by atoms with Crippen LogP contribution in [0.5, 0.6) is 0 Å². The molecule has 2 heteroatoms. The van der Waals surface area contributed by atoms with E-state index in [2.05, 4.69) is 31.2 Å². The number of carbonyl (C=O) groups is 1. The van der Waals surface area contributed by atoms with E-state index in [1.807, 2.05) is 12.1 Å². The standard InChI is InChI=1S/C18H24O2/c1-2-15(11-12-17(19)20)18(13-7-4-8-14-18)16-9-5-3-6-10-16/h3,5-6,9-12,15H,2,4,7-8,13-14H2,1H3,(H,19,20)/b12-11+. The van der Waals surface area contributed by atoms with Gasteiger partial charge in [0.2, 0.25) is 0 Å². The summed E-state index contributed by atoms with van der Waals surface area (Å²) in [5.74, 6) is -0.538. The molecule has 1 N–H and O–H groups in total. The molecule has 1 aromatic carbocycles. The van der Waals surface area contributed by atoms with Gasteiger partial charge in [0.1, 0.15) is 0 Å². The van der Waals surface area contributed by atoms with Gasteiger partial charge in [0, 0.05) is 11.5 Å². The van der Waals surface area contributed by atoms with Crippen molar-refractivity contribution in [2.45, 2.75) is 50.9 Å². The van der Waals surface area contributed by atoms with Crippen LogP contribution in [0, 0.1) is 5.92 Å². The second kappa shape index (κ2) is 6.74. The van der Waals surface area contributed by atoms with E-state index in [-0.39, 0.29) is 5.41 Å². The molecule has 108 valence electrons. The largest absolute Gasteiger partial charge is 0.478 e. The van der Waals surface area contributed by atoms with Crippen LogP contribution >= 0.6 is 0 Å². The van der Waals surface area contributed by atoms with Crippen molar-refractivity contribution in [2.24, 2.45) is 5.92 Å². The van der Waals surface area contributed by atoms with Crippen LogP contribution in [-0.4, -0.2) is 11.1 Å². The first-order chi connectivity index (χ1) is 9.69. The molecular formula is C18H24O2. The lowest BCUT2D eigenvalue weighted by atomic mass is 9.61. The Balaban J connectivity index is 2.37. The summed E-state index contributed by atoms with van der Waals surface area (Å²) in [5.41, 5.74) is 1.50. The van der Waals surface area contributed by atoms with Gasteiger partial charge in [-0.2, -0.15) is 0 Å². The number of carboxylic acid groups (broad SMARTS) is 1. The molecule has 2 rings (SSSR count). The maximum Gasteiger partial charge on any atom is 0.327 e. The second-order valence-corrected chi connectivity index (χ2v) is 5.79. The highest BCUT2D eigenvalue weighted by Gasteiger charge is 2.39. The van der Waals surface area contributed by atoms with Crippen molar-refractivity contribution in [3.8, 4) is 0 Å². The predicted octanol–water partition coefficient (Wildman–Crippen LogP) is 4.56. The van der Waals surface area contributed by atoms with Crippen molar-refractivity contribution < 1.29 is 9.90 Å². The van der Waals surface area contributed by atoms with Crippen molar-refractivity contribution in [2.75, 3.05) is 0 Å². The lowest BCUT2D eigenvalue weighted by Crippen LogP contribution is -2.36. The Bertz CT molecular complexity index is 456. The van der Waals surface area contributed by atoms with E-state index in [0.717, 1.165) is 6.42 Å². The fourth-order valence-corrected chi connectivity index (χ4v) is 3.74. The summed E-state index contributed by atoms with van der Waals surface area (Å²) in [6.45, 7) is 2.16. The van der Waals surface area contributed by atoms with Crippen molar-refractivity contribution in [3.63, 3.8) is 0 Å². The molecule has 1 atom stereocenters. The van der Waals surface area contributed by atoms with E-state index < -0.39 is 5.97 Å². The highest BCUT2D eigenvalue weighted by molar-refractivity contribution is 5.79. The number of hydrogen-bond acceptors (Lipinski definition) is 1.